The maximum absolute atomic E-state index is 11.8. The molecule has 0 aliphatic carbocycles. The van der Waals surface area contributed by atoms with Gasteiger partial charge in [0.2, 0.25) is 0 Å². The molecule has 9 nitrogen and oxygen atoms in total. The topological polar surface area (TPSA) is 126 Å². The van der Waals surface area contributed by atoms with E-state index in [2.05, 4.69) is 16.2 Å². The lowest BCUT2D eigenvalue weighted by Crippen LogP contribution is -2.50. The zero-order chi connectivity index (χ0) is 20.4. The highest BCUT2D eigenvalue weighted by Gasteiger charge is 2.08. The second kappa shape index (κ2) is 10.5. The minimum absolute atomic E-state index is 0.106. The highest BCUT2D eigenvalue weighted by atomic mass is 32.1. The van der Waals surface area contributed by atoms with Gasteiger partial charge in [0.25, 0.3) is 11.8 Å². The second-order valence-electron chi connectivity index (χ2n) is 5.27. The number of thiocarbonyl (C=S) groups is 1. The number of amides is 2. The van der Waals surface area contributed by atoms with Crippen molar-refractivity contribution < 1.29 is 29.0 Å². The average Bonchev–Trinajstić information content (AvgIpc) is 2.70. The van der Waals surface area contributed by atoms with Crippen LogP contribution in [0.4, 0.5) is 0 Å². The number of nitrogens with one attached hydrogen (secondary N) is 3. The normalized spacial score (nSPS) is 9.71. The Bertz CT molecular complexity index is 842. The minimum Gasteiger partial charge on any atom is -0.484 e. The number of aromatic carboxylic acids is 1. The van der Waals surface area contributed by atoms with Gasteiger partial charge in [0.1, 0.15) is 11.5 Å². The number of hydrogen-bond acceptors (Lipinski definition) is 6. The molecule has 2 aromatic carbocycles. The van der Waals surface area contributed by atoms with Crippen molar-refractivity contribution in [3.8, 4) is 11.5 Å². The molecule has 0 heterocycles. The van der Waals surface area contributed by atoms with Crippen LogP contribution >= 0.6 is 12.2 Å². The van der Waals surface area contributed by atoms with Crippen molar-refractivity contribution in [1.82, 2.24) is 16.2 Å². The molecule has 0 atom stereocenters. The summed E-state index contributed by atoms with van der Waals surface area (Å²) >= 11 is 4.88. The van der Waals surface area contributed by atoms with Crippen LogP contribution in [0.5, 0.6) is 11.5 Å². The molecule has 0 unspecified atom stereocenters. The minimum atomic E-state index is -1.06. The van der Waals surface area contributed by atoms with E-state index in [4.69, 9.17) is 26.8 Å². The van der Waals surface area contributed by atoms with Gasteiger partial charge in [-0.1, -0.05) is 18.2 Å². The molecular formula is C18H17N3O6S. The summed E-state index contributed by atoms with van der Waals surface area (Å²) in [5.74, 6) is -1.24. The van der Waals surface area contributed by atoms with Crippen molar-refractivity contribution in [3.05, 3.63) is 60.2 Å². The van der Waals surface area contributed by atoms with Crippen LogP contribution in [0.25, 0.3) is 0 Å². The first-order valence-corrected chi connectivity index (χ1v) is 8.37. The first-order valence-electron chi connectivity index (χ1n) is 7.96. The number of carbonyl (C=O) groups is 3. The standard InChI is InChI=1S/C18H17N3O6S/c22-15(10-26-14-8-6-12(7-9-14)17(24)25)19-18(28)21-20-16(23)11-27-13-4-2-1-3-5-13/h1-9H,10-11H2,(H,20,23)(H,24,25)(H2,19,21,22,28). The molecule has 0 aromatic heterocycles. The quantitative estimate of drug-likeness (QED) is 0.396. The number of carbonyl (C=O) groups excluding carboxylic acids is 2. The first kappa shape index (κ1) is 20.6. The number of carboxylic acids is 1. The van der Waals surface area contributed by atoms with E-state index in [1.165, 1.54) is 24.3 Å². The zero-order valence-electron chi connectivity index (χ0n) is 14.5. The third kappa shape index (κ3) is 7.30. The van der Waals surface area contributed by atoms with Gasteiger partial charge in [0, 0.05) is 0 Å². The lowest BCUT2D eigenvalue weighted by atomic mass is 10.2. The van der Waals surface area contributed by atoms with Crippen molar-refractivity contribution in [1.29, 1.82) is 0 Å². The van der Waals surface area contributed by atoms with Crippen LogP contribution < -0.4 is 25.6 Å². The van der Waals surface area contributed by atoms with Crippen molar-refractivity contribution in [2.45, 2.75) is 0 Å². The van der Waals surface area contributed by atoms with Gasteiger partial charge >= 0.3 is 5.97 Å². The SMILES string of the molecule is O=C(COc1ccccc1)NNC(=S)NC(=O)COc1ccc(C(=O)O)cc1. The number of hydrogen-bond donors (Lipinski definition) is 4. The molecule has 0 aliphatic rings. The number of hydrazine groups is 1. The lowest BCUT2D eigenvalue weighted by Gasteiger charge is -2.12. The van der Waals surface area contributed by atoms with Crippen LogP contribution in [-0.2, 0) is 9.59 Å². The van der Waals surface area contributed by atoms with Crippen molar-refractivity contribution >= 4 is 35.1 Å². The van der Waals surface area contributed by atoms with Crippen LogP contribution in [0.1, 0.15) is 10.4 Å². The Morgan fingerprint density at radius 3 is 2.00 bits per heavy atom. The summed E-state index contributed by atoms with van der Waals surface area (Å²) in [5, 5.41) is 11.0. The molecule has 0 aliphatic heterocycles. The Labute approximate surface area is 165 Å². The van der Waals surface area contributed by atoms with E-state index < -0.39 is 17.8 Å². The maximum Gasteiger partial charge on any atom is 0.335 e. The highest BCUT2D eigenvalue weighted by molar-refractivity contribution is 7.80. The molecule has 2 amide bonds. The first-order chi connectivity index (χ1) is 13.4. The third-order valence-corrected chi connectivity index (χ3v) is 3.36. The van der Waals surface area contributed by atoms with Crippen molar-refractivity contribution in [3.63, 3.8) is 0 Å². The largest absolute Gasteiger partial charge is 0.484 e. The molecule has 146 valence electrons. The van der Waals surface area contributed by atoms with Gasteiger partial charge in [-0.05, 0) is 48.6 Å². The fourth-order valence-electron chi connectivity index (χ4n) is 1.86. The van der Waals surface area contributed by atoms with E-state index in [0.29, 0.717) is 11.5 Å². The van der Waals surface area contributed by atoms with Gasteiger partial charge in [0.05, 0.1) is 5.56 Å². The number of benzene rings is 2. The van der Waals surface area contributed by atoms with Crippen LogP contribution in [0, 0.1) is 0 Å². The Morgan fingerprint density at radius 2 is 1.39 bits per heavy atom. The van der Waals surface area contributed by atoms with Crippen molar-refractivity contribution in [2.75, 3.05) is 13.2 Å². The van der Waals surface area contributed by atoms with Gasteiger partial charge in [-0.2, -0.15) is 0 Å². The summed E-state index contributed by atoms with van der Waals surface area (Å²) in [6.45, 7) is -0.581. The summed E-state index contributed by atoms with van der Waals surface area (Å²) in [7, 11) is 0. The summed E-state index contributed by atoms with van der Waals surface area (Å²) in [4.78, 5) is 34.2. The number of para-hydroxylation sites is 1. The zero-order valence-corrected chi connectivity index (χ0v) is 15.3. The monoisotopic (exact) mass is 403 g/mol. The third-order valence-electron chi connectivity index (χ3n) is 3.15. The molecule has 2 rings (SSSR count). The van der Waals surface area contributed by atoms with Gasteiger partial charge in [-0.25, -0.2) is 4.79 Å². The average molecular weight is 403 g/mol. The summed E-state index contributed by atoms with van der Waals surface area (Å²) < 4.78 is 10.5. The number of carboxylic acid groups (broad SMARTS) is 1. The van der Waals surface area contributed by atoms with Crippen molar-refractivity contribution in [2.24, 2.45) is 0 Å². The fourth-order valence-corrected chi connectivity index (χ4v) is 2.03. The predicted molar refractivity (Wildman–Crippen MR) is 103 cm³/mol. The molecule has 0 saturated heterocycles. The molecule has 10 heteroatoms. The smallest absolute Gasteiger partial charge is 0.335 e. The molecule has 0 saturated carbocycles. The molecule has 2 aromatic rings. The summed E-state index contributed by atoms with van der Waals surface area (Å²) in [6.07, 6.45) is 0. The Morgan fingerprint density at radius 1 is 0.821 bits per heavy atom. The number of ether oxygens (including phenoxy) is 2. The molecule has 0 spiro atoms. The van der Waals surface area contributed by atoms with E-state index in [1.54, 1.807) is 24.3 Å². The Balaban J connectivity index is 1.64. The Kier molecular flexibility index (Phi) is 7.73. The summed E-state index contributed by atoms with van der Waals surface area (Å²) in [6, 6.07) is 14.4. The summed E-state index contributed by atoms with van der Waals surface area (Å²) in [5.41, 5.74) is 4.75. The van der Waals surface area contributed by atoms with E-state index in [9.17, 15) is 14.4 Å². The lowest BCUT2D eigenvalue weighted by molar-refractivity contribution is -0.124. The highest BCUT2D eigenvalue weighted by Crippen LogP contribution is 2.12. The molecule has 0 fully saturated rings. The van der Waals surface area contributed by atoms with Crippen LogP contribution in [0.3, 0.4) is 0 Å². The van der Waals surface area contributed by atoms with Gasteiger partial charge in [0.15, 0.2) is 18.3 Å². The van der Waals surface area contributed by atoms with Gasteiger partial charge in [-0.3, -0.25) is 25.8 Å². The number of rotatable bonds is 7. The molecule has 0 bridgehead atoms. The molecule has 4 N–H and O–H groups in total. The predicted octanol–water partition coefficient (Wildman–Crippen LogP) is 0.864. The van der Waals surface area contributed by atoms with Gasteiger partial charge in [-0.15, -0.1) is 0 Å². The molecular weight excluding hydrogens is 386 g/mol. The molecule has 28 heavy (non-hydrogen) atoms. The van der Waals surface area contributed by atoms with Gasteiger partial charge < -0.3 is 14.6 Å². The van der Waals surface area contributed by atoms with Crippen LogP contribution in [0.2, 0.25) is 0 Å². The van der Waals surface area contributed by atoms with Crippen LogP contribution in [-0.4, -0.2) is 41.2 Å². The van der Waals surface area contributed by atoms with E-state index in [-0.39, 0.29) is 23.9 Å². The maximum atomic E-state index is 11.8. The van der Waals surface area contributed by atoms with E-state index in [1.807, 2.05) is 6.07 Å². The second-order valence-corrected chi connectivity index (χ2v) is 5.68. The van der Waals surface area contributed by atoms with E-state index >= 15 is 0 Å². The van der Waals surface area contributed by atoms with E-state index in [0.717, 1.165) is 0 Å². The van der Waals surface area contributed by atoms with Crippen LogP contribution in [0.15, 0.2) is 54.6 Å². The fraction of sp³-hybridized carbons (Fsp3) is 0.111. The molecule has 0 radical (unpaired) electrons. The Hall–Kier alpha value is -3.66.